The lowest BCUT2D eigenvalue weighted by Crippen LogP contribution is -2.19. The fourth-order valence-corrected chi connectivity index (χ4v) is 3.62. The Morgan fingerprint density at radius 2 is 1.87 bits per heavy atom. The Bertz CT molecular complexity index is 835. The van der Waals surface area contributed by atoms with Crippen LogP contribution in [0, 0.1) is 0 Å². The molecule has 0 aliphatic carbocycles. The summed E-state index contributed by atoms with van der Waals surface area (Å²) in [4.78, 5) is 11.1. The number of benzene rings is 2. The maximum Gasteiger partial charge on any atom is 0.120 e. The van der Waals surface area contributed by atoms with Crippen molar-refractivity contribution in [3.05, 3.63) is 71.4 Å². The van der Waals surface area contributed by atoms with Gasteiger partial charge < -0.3 is 14.1 Å². The summed E-state index contributed by atoms with van der Waals surface area (Å²) in [5.74, 6) is 0.165. The molecule has 2 heterocycles. The molecule has 1 aliphatic rings. The molecule has 1 atom stereocenters. The van der Waals surface area contributed by atoms with Crippen molar-refractivity contribution in [2.75, 3.05) is 6.61 Å². The zero-order valence-electron chi connectivity index (χ0n) is 12.9. The standard InChI is InChI=1S/C20H19NO2/c22-11-10-16-13-23-14-19-20(16)17-8-4-5-9-18(17)21(19)12-15-6-2-1-3-7-15/h1-9,11,16H,10,12-14H2/t16-/m0/s1. The third-order valence-corrected chi connectivity index (χ3v) is 4.65. The summed E-state index contributed by atoms with van der Waals surface area (Å²) < 4.78 is 8.13. The number of aldehydes is 1. The van der Waals surface area contributed by atoms with Crippen LogP contribution in [0.3, 0.4) is 0 Å². The van der Waals surface area contributed by atoms with Gasteiger partial charge in [0, 0.05) is 35.5 Å². The topological polar surface area (TPSA) is 31.2 Å². The highest BCUT2D eigenvalue weighted by Gasteiger charge is 2.27. The minimum atomic E-state index is 0.165. The molecule has 1 aliphatic heterocycles. The molecule has 0 saturated heterocycles. The Kier molecular flexibility index (Phi) is 3.72. The number of fused-ring (bicyclic) bond motifs is 3. The van der Waals surface area contributed by atoms with Gasteiger partial charge in [-0.05, 0) is 17.2 Å². The van der Waals surface area contributed by atoms with Crippen molar-refractivity contribution in [2.24, 2.45) is 0 Å². The van der Waals surface area contributed by atoms with Gasteiger partial charge in [0.05, 0.1) is 13.2 Å². The molecule has 0 radical (unpaired) electrons. The van der Waals surface area contributed by atoms with E-state index in [9.17, 15) is 4.79 Å². The second-order valence-electron chi connectivity index (χ2n) is 6.06. The fourth-order valence-electron chi connectivity index (χ4n) is 3.62. The molecule has 0 bridgehead atoms. The smallest absolute Gasteiger partial charge is 0.120 e. The fraction of sp³-hybridized carbons (Fsp3) is 0.250. The van der Waals surface area contributed by atoms with E-state index in [2.05, 4.69) is 53.1 Å². The lowest BCUT2D eigenvalue weighted by molar-refractivity contribution is -0.108. The average molecular weight is 305 g/mol. The Labute approximate surface area is 135 Å². The molecular formula is C20H19NO2. The first-order valence-electron chi connectivity index (χ1n) is 8.04. The molecule has 23 heavy (non-hydrogen) atoms. The van der Waals surface area contributed by atoms with Crippen LogP contribution in [-0.4, -0.2) is 17.5 Å². The summed E-state index contributed by atoms with van der Waals surface area (Å²) in [5.41, 5.74) is 5.01. The Hall–Kier alpha value is -2.39. The summed E-state index contributed by atoms with van der Waals surface area (Å²) in [6.45, 7) is 2.07. The molecule has 0 N–H and O–H groups in total. The number of rotatable bonds is 4. The average Bonchev–Trinajstić information content (AvgIpc) is 2.92. The van der Waals surface area contributed by atoms with E-state index in [1.54, 1.807) is 0 Å². The number of aromatic nitrogens is 1. The molecule has 0 spiro atoms. The monoisotopic (exact) mass is 305 g/mol. The van der Waals surface area contributed by atoms with Crippen molar-refractivity contribution >= 4 is 17.2 Å². The number of ether oxygens (including phenoxy) is 1. The van der Waals surface area contributed by atoms with Gasteiger partial charge in [0.1, 0.15) is 6.29 Å². The van der Waals surface area contributed by atoms with Gasteiger partial charge in [-0.15, -0.1) is 0 Å². The van der Waals surface area contributed by atoms with Gasteiger partial charge in [0.2, 0.25) is 0 Å². The van der Waals surface area contributed by atoms with Gasteiger partial charge in [0.15, 0.2) is 0 Å². The minimum Gasteiger partial charge on any atom is -0.375 e. The van der Waals surface area contributed by atoms with Gasteiger partial charge in [-0.3, -0.25) is 0 Å². The van der Waals surface area contributed by atoms with E-state index in [1.165, 1.54) is 27.7 Å². The molecule has 0 amide bonds. The number of nitrogens with zero attached hydrogens (tertiary/aromatic N) is 1. The number of hydrogen-bond donors (Lipinski definition) is 0. The summed E-state index contributed by atoms with van der Waals surface area (Å²) in [7, 11) is 0. The normalized spacial score (nSPS) is 17.1. The van der Waals surface area contributed by atoms with Crippen LogP contribution in [0.15, 0.2) is 54.6 Å². The molecule has 4 rings (SSSR count). The van der Waals surface area contributed by atoms with E-state index in [4.69, 9.17) is 4.74 Å². The minimum absolute atomic E-state index is 0.165. The molecule has 3 nitrogen and oxygen atoms in total. The van der Waals surface area contributed by atoms with Crippen LogP contribution in [0.25, 0.3) is 10.9 Å². The largest absolute Gasteiger partial charge is 0.375 e. The third-order valence-electron chi connectivity index (χ3n) is 4.65. The highest BCUT2D eigenvalue weighted by molar-refractivity contribution is 5.87. The summed E-state index contributed by atoms with van der Waals surface area (Å²) >= 11 is 0. The van der Waals surface area contributed by atoms with E-state index < -0.39 is 0 Å². The molecule has 116 valence electrons. The Balaban J connectivity index is 1.89. The zero-order valence-corrected chi connectivity index (χ0v) is 12.9. The second-order valence-corrected chi connectivity index (χ2v) is 6.06. The van der Waals surface area contributed by atoms with Crippen LogP contribution >= 0.6 is 0 Å². The lowest BCUT2D eigenvalue weighted by atomic mass is 9.92. The number of carbonyl (C=O) groups is 1. The molecule has 3 aromatic rings. The first-order valence-corrected chi connectivity index (χ1v) is 8.04. The van der Waals surface area contributed by atoms with Crippen molar-refractivity contribution in [2.45, 2.75) is 25.5 Å². The van der Waals surface area contributed by atoms with Crippen LogP contribution in [0.4, 0.5) is 0 Å². The van der Waals surface area contributed by atoms with E-state index in [-0.39, 0.29) is 5.92 Å². The number of hydrogen-bond acceptors (Lipinski definition) is 2. The van der Waals surface area contributed by atoms with E-state index in [1.807, 2.05) is 6.07 Å². The van der Waals surface area contributed by atoms with Gasteiger partial charge in [-0.1, -0.05) is 48.5 Å². The molecule has 2 aromatic carbocycles. The second kappa shape index (κ2) is 6.01. The highest BCUT2D eigenvalue weighted by Crippen LogP contribution is 2.37. The summed E-state index contributed by atoms with van der Waals surface area (Å²) in [6.07, 6.45) is 1.53. The molecule has 3 heteroatoms. The van der Waals surface area contributed by atoms with Crippen LogP contribution < -0.4 is 0 Å². The van der Waals surface area contributed by atoms with Gasteiger partial charge in [0.25, 0.3) is 0 Å². The Morgan fingerprint density at radius 1 is 1.09 bits per heavy atom. The predicted octanol–water partition coefficient (Wildman–Crippen LogP) is 3.89. The van der Waals surface area contributed by atoms with Crippen LogP contribution in [0.5, 0.6) is 0 Å². The highest BCUT2D eigenvalue weighted by atomic mass is 16.5. The van der Waals surface area contributed by atoms with E-state index in [0.717, 1.165) is 12.8 Å². The first-order chi connectivity index (χ1) is 11.4. The predicted molar refractivity (Wildman–Crippen MR) is 90.6 cm³/mol. The van der Waals surface area contributed by atoms with Crippen LogP contribution in [0.1, 0.15) is 29.2 Å². The number of carbonyl (C=O) groups excluding carboxylic acids is 1. The van der Waals surface area contributed by atoms with Crippen molar-refractivity contribution < 1.29 is 9.53 Å². The SMILES string of the molecule is O=CC[C@H]1COCc2c1c1ccccc1n2Cc1ccccc1. The third kappa shape index (κ3) is 2.47. The van der Waals surface area contributed by atoms with E-state index >= 15 is 0 Å². The summed E-state index contributed by atoms with van der Waals surface area (Å²) in [5, 5.41) is 1.26. The molecule has 0 saturated carbocycles. The van der Waals surface area contributed by atoms with Crippen molar-refractivity contribution in [1.82, 2.24) is 4.57 Å². The molecular weight excluding hydrogens is 286 g/mol. The van der Waals surface area contributed by atoms with Crippen molar-refractivity contribution in [3.8, 4) is 0 Å². The maximum atomic E-state index is 11.1. The maximum absolute atomic E-state index is 11.1. The van der Waals surface area contributed by atoms with Gasteiger partial charge >= 0.3 is 0 Å². The Morgan fingerprint density at radius 3 is 2.70 bits per heavy atom. The zero-order chi connectivity index (χ0) is 15.6. The van der Waals surface area contributed by atoms with Gasteiger partial charge in [-0.25, -0.2) is 0 Å². The van der Waals surface area contributed by atoms with Crippen LogP contribution in [0.2, 0.25) is 0 Å². The number of para-hydroxylation sites is 1. The first kappa shape index (κ1) is 14.2. The molecule has 1 aromatic heterocycles. The summed E-state index contributed by atoms with van der Waals surface area (Å²) in [6, 6.07) is 18.9. The van der Waals surface area contributed by atoms with Gasteiger partial charge in [-0.2, -0.15) is 0 Å². The lowest BCUT2D eigenvalue weighted by Gasteiger charge is -2.23. The quantitative estimate of drug-likeness (QED) is 0.685. The van der Waals surface area contributed by atoms with E-state index in [0.29, 0.717) is 19.6 Å². The van der Waals surface area contributed by atoms with Crippen LogP contribution in [-0.2, 0) is 22.7 Å². The molecule has 0 fully saturated rings. The molecule has 0 unspecified atom stereocenters. The van der Waals surface area contributed by atoms with Crippen molar-refractivity contribution in [1.29, 1.82) is 0 Å². The van der Waals surface area contributed by atoms with Crippen molar-refractivity contribution in [3.63, 3.8) is 0 Å².